The minimum absolute atomic E-state index is 0.244. The van der Waals surface area contributed by atoms with E-state index >= 15 is 0 Å². The van der Waals surface area contributed by atoms with Crippen LogP contribution in [0, 0.1) is 5.92 Å². The fraction of sp³-hybridized carbons (Fsp3) is 0.533. The van der Waals surface area contributed by atoms with Crippen LogP contribution in [0.3, 0.4) is 0 Å². The van der Waals surface area contributed by atoms with Crippen LogP contribution in [0.2, 0.25) is 0 Å². The third-order valence-corrected chi connectivity index (χ3v) is 3.31. The Kier molecular flexibility index (Phi) is 4.24. The summed E-state index contributed by atoms with van der Waals surface area (Å²) in [5.74, 6) is 0.936. The van der Waals surface area contributed by atoms with Crippen LogP contribution in [0.5, 0.6) is 0 Å². The highest BCUT2D eigenvalue weighted by Gasteiger charge is 2.23. The number of nitrogens with one attached hydrogen (secondary N) is 1. The lowest BCUT2D eigenvalue weighted by molar-refractivity contribution is -0.117. The average Bonchev–Trinajstić information content (AvgIpc) is 2.76. The number of carbonyl (C=O) groups excluding carboxylic acids is 1. The summed E-state index contributed by atoms with van der Waals surface area (Å²) in [6.45, 7) is 6.24. The Morgan fingerprint density at radius 2 is 2.11 bits per heavy atom. The Balaban J connectivity index is 2.07. The molecule has 0 radical (unpaired) electrons. The normalized spacial score (nSPS) is 15.5. The van der Waals surface area contributed by atoms with Crippen molar-refractivity contribution >= 4 is 17.3 Å². The quantitative estimate of drug-likeness (QED) is 0.864. The molecule has 98 valence electrons. The summed E-state index contributed by atoms with van der Waals surface area (Å²) in [6, 6.07) is 8.10. The number of rotatable bonds is 5. The molecule has 1 amide bonds. The average molecular weight is 246 g/mol. The van der Waals surface area contributed by atoms with Crippen LogP contribution in [0.25, 0.3) is 0 Å². The largest absolute Gasteiger partial charge is 0.383 e. The van der Waals surface area contributed by atoms with E-state index in [1.807, 2.05) is 23.1 Å². The fourth-order valence-corrected chi connectivity index (χ4v) is 2.26. The van der Waals surface area contributed by atoms with E-state index in [1.165, 1.54) is 0 Å². The van der Waals surface area contributed by atoms with Crippen molar-refractivity contribution in [3.63, 3.8) is 0 Å². The lowest BCUT2D eigenvalue weighted by Crippen LogP contribution is -2.24. The van der Waals surface area contributed by atoms with Gasteiger partial charge < -0.3 is 10.2 Å². The highest BCUT2D eigenvalue weighted by atomic mass is 16.2. The molecule has 0 aliphatic carbocycles. The monoisotopic (exact) mass is 246 g/mol. The molecule has 1 aromatic rings. The van der Waals surface area contributed by atoms with Crippen LogP contribution in [0.15, 0.2) is 24.3 Å². The maximum absolute atomic E-state index is 11.8. The van der Waals surface area contributed by atoms with Gasteiger partial charge in [-0.1, -0.05) is 26.0 Å². The van der Waals surface area contributed by atoms with Gasteiger partial charge >= 0.3 is 0 Å². The first kappa shape index (κ1) is 12.9. The first-order valence-electron chi connectivity index (χ1n) is 6.81. The molecule has 1 heterocycles. The summed E-state index contributed by atoms with van der Waals surface area (Å²) >= 11 is 0. The van der Waals surface area contributed by atoms with E-state index in [9.17, 15) is 4.79 Å². The molecular formula is C15H22N2O. The summed E-state index contributed by atoms with van der Waals surface area (Å²) in [5.41, 5.74) is 2.11. The fourth-order valence-electron chi connectivity index (χ4n) is 2.26. The van der Waals surface area contributed by atoms with Gasteiger partial charge in [-0.25, -0.2) is 0 Å². The van der Waals surface area contributed by atoms with E-state index in [0.29, 0.717) is 12.3 Å². The van der Waals surface area contributed by atoms with Crippen molar-refractivity contribution < 1.29 is 4.79 Å². The molecule has 0 spiro atoms. The highest BCUT2D eigenvalue weighted by Crippen LogP contribution is 2.29. The zero-order valence-electron chi connectivity index (χ0n) is 11.3. The zero-order valence-corrected chi connectivity index (χ0v) is 11.3. The van der Waals surface area contributed by atoms with Crippen LogP contribution in [0.4, 0.5) is 11.4 Å². The van der Waals surface area contributed by atoms with Gasteiger partial charge in [0, 0.05) is 19.5 Å². The summed E-state index contributed by atoms with van der Waals surface area (Å²) in [5, 5.41) is 3.45. The minimum Gasteiger partial charge on any atom is -0.383 e. The molecular weight excluding hydrogens is 224 g/mol. The van der Waals surface area contributed by atoms with E-state index in [0.717, 1.165) is 37.3 Å². The summed E-state index contributed by atoms with van der Waals surface area (Å²) in [7, 11) is 0. The number of hydrogen-bond acceptors (Lipinski definition) is 2. The molecule has 1 aliphatic rings. The third kappa shape index (κ3) is 3.03. The van der Waals surface area contributed by atoms with Crippen molar-refractivity contribution in [1.29, 1.82) is 0 Å². The molecule has 0 unspecified atom stereocenters. The van der Waals surface area contributed by atoms with Crippen LogP contribution >= 0.6 is 0 Å². The Morgan fingerprint density at radius 3 is 2.78 bits per heavy atom. The number of para-hydroxylation sites is 2. The predicted octanol–water partition coefficient (Wildman–Crippen LogP) is 3.27. The van der Waals surface area contributed by atoms with Crippen molar-refractivity contribution in [2.45, 2.75) is 33.1 Å². The molecule has 1 aromatic carbocycles. The van der Waals surface area contributed by atoms with Crippen LogP contribution < -0.4 is 10.2 Å². The number of nitrogens with zero attached hydrogens (tertiary/aromatic N) is 1. The number of hydrogen-bond donors (Lipinski definition) is 1. The number of amides is 1. The van der Waals surface area contributed by atoms with E-state index in [1.54, 1.807) is 0 Å². The highest BCUT2D eigenvalue weighted by molar-refractivity contribution is 5.98. The molecule has 0 atom stereocenters. The van der Waals surface area contributed by atoms with Gasteiger partial charge in [-0.05, 0) is 30.9 Å². The molecule has 3 nitrogen and oxygen atoms in total. The van der Waals surface area contributed by atoms with E-state index in [-0.39, 0.29) is 5.91 Å². The Bertz CT molecular complexity index is 415. The predicted molar refractivity (Wildman–Crippen MR) is 76.0 cm³/mol. The van der Waals surface area contributed by atoms with Gasteiger partial charge in [-0.3, -0.25) is 4.79 Å². The number of benzene rings is 1. The maximum Gasteiger partial charge on any atom is 0.227 e. The smallest absolute Gasteiger partial charge is 0.227 e. The van der Waals surface area contributed by atoms with Gasteiger partial charge in [-0.2, -0.15) is 0 Å². The molecule has 2 rings (SSSR count). The minimum atomic E-state index is 0.244. The summed E-state index contributed by atoms with van der Waals surface area (Å²) < 4.78 is 0. The van der Waals surface area contributed by atoms with Gasteiger partial charge in [-0.15, -0.1) is 0 Å². The van der Waals surface area contributed by atoms with E-state index < -0.39 is 0 Å². The van der Waals surface area contributed by atoms with Crippen molar-refractivity contribution in [3.8, 4) is 0 Å². The van der Waals surface area contributed by atoms with Crippen LogP contribution in [0.1, 0.15) is 33.1 Å². The molecule has 3 heteroatoms. The van der Waals surface area contributed by atoms with Gasteiger partial charge in [0.15, 0.2) is 0 Å². The van der Waals surface area contributed by atoms with Gasteiger partial charge in [0.2, 0.25) is 5.91 Å². The topological polar surface area (TPSA) is 32.3 Å². The molecule has 18 heavy (non-hydrogen) atoms. The van der Waals surface area contributed by atoms with Crippen LogP contribution in [-0.4, -0.2) is 19.0 Å². The Hall–Kier alpha value is -1.51. The van der Waals surface area contributed by atoms with Crippen molar-refractivity contribution in [3.05, 3.63) is 24.3 Å². The molecule has 1 saturated heterocycles. The summed E-state index contributed by atoms with van der Waals surface area (Å²) in [4.78, 5) is 13.7. The standard InChI is InChI=1S/C15H22N2O/c1-12(2)9-10-16-13-6-3-4-7-14(13)17-11-5-8-15(17)18/h3-4,6-7,12,16H,5,8-11H2,1-2H3. The Labute approximate surface area is 109 Å². The maximum atomic E-state index is 11.8. The van der Waals surface area contributed by atoms with E-state index in [4.69, 9.17) is 0 Å². The van der Waals surface area contributed by atoms with Gasteiger partial charge in [0.25, 0.3) is 0 Å². The Morgan fingerprint density at radius 1 is 1.33 bits per heavy atom. The third-order valence-electron chi connectivity index (χ3n) is 3.31. The van der Waals surface area contributed by atoms with Gasteiger partial charge in [0.05, 0.1) is 11.4 Å². The van der Waals surface area contributed by atoms with Crippen LogP contribution in [-0.2, 0) is 4.79 Å². The number of carbonyl (C=O) groups is 1. The molecule has 0 aromatic heterocycles. The molecule has 0 bridgehead atoms. The van der Waals surface area contributed by atoms with Gasteiger partial charge in [0.1, 0.15) is 0 Å². The van der Waals surface area contributed by atoms with Crippen molar-refractivity contribution in [1.82, 2.24) is 0 Å². The molecule has 1 aliphatic heterocycles. The second-order valence-corrected chi connectivity index (χ2v) is 5.28. The lowest BCUT2D eigenvalue weighted by Gasteiger charge is -2.20. The summed E-state index contributed by atoms with van der Waals surface area (Å²) in [6.07, 6.45) is 2.79. The second kappa shape index (κ2) is 5.89. The van der Waals surface area contributed by atoms with E-state index in [2.05, 4.69) is 25.2 Å². The van der Waals surface area contributed by atoms with Crippen molar-refractivity contribution in [2.75, 3.05) is 23.3 Å². The molecule has 1 N–H and O–H groups in total. The van der Waals surface area contributed by atoms with Crippen molar-refractivity contribution in [2.24, 2.45) is 5.92 Å². The molecule has 0 saturated carbocycles. The zero-order chi connectivity index (χ0) is 13.0. The number of anilines is 2. The first-order valence-corrected chi connectivity index (χ1v) is 6.81. The lowest BCUT2D eigenvalue weighted by atomic mass is 10.1. The SMILES string of the molecule is CC(C)CCNc1ccccc1N1CCCC1=O. The molecule has 1 fully saturated rings. The second-order valence-electron chi connectivity index (χ2n) is 5.28. The first-order chi connectivity index (χ1) is 8.68.